The second-order valence-electron chi connectivity index (χ2n) is 4.49. The minimum atomic E-state index is 0.131. The summed E-state index contributed by atoms with van der Waals surface area (Å²) < 4.78 is 0. The molecule has 0 atom stereocenters. The number of hydrogen-bond donors (Lipinski definition) is 1. The highest BCUT2D eigenvalue weighted by atomic mass is 16.2. The molecule has 1 aromatic heterocycles. The zero-order chi connectivity index (χ0) is 11.8. The summed E-state index contributed by atoms with van der Waals surface area (Å²) in [5, 5.41) is 7.90. The van der Waals surface area contributed by atoms with Crippen molar-refractivity contribution >= 4 is 16.8 Å². The van der Waals surface area contributed by atoms with Crippen LogP contribution >= 0.6 is 0 Å². The number of hydrogen-bond acceptors (Lipinski definition) is 2. The summed E-state index contributed by atoms with van der Waals surface area (Å²) in [6, 6.07) is 6.17. The molecule has 1 heterocycles. The Balaban J connectivity index is 1.93. The van der Waals surface area contributed by atoms with Crippen molar-refractivity contribution in [2.45, 2.75) is 25.8 Å². The molecule has 2 aromatic rings. The fourth-order valence-electron chi connectivity index (χ4n) is 2.19. The van der Waals surface area contributed by atoms with Gasteiger partial charge in [0.15, 0.2) is 0 Å². The Morgan fingerprint density at radius 2 is 2.35 bits per heavy atom. The molecule has 0 unspecified atom stereocenters. The Bertz CT molecular complexity index is 557. The van der Waals surface area contributed by atoms with Gasteiger partial charge < -0.3 is 4.90 Å². The Morgan fingerprint density at radius 1 is 1.53 bits per heavy atom. The van der Waals surface area contributed by atoms with Crippen LogP contribution in [0.15, 0.2) is 24.4 Å². The van der Waals surface area contributed by atoms with Gasteiger partial charge in [-0.15, -0.1) is 0 Å². The number of nitrogens with one attached hydrogen (secondary N) is 1. The third-order valence-corrected chi connectivity index (χ3v) is 3.28. The van der Waals surface area contributed by atoms with E-state index < -0.39 is 0 Å². The van der Waals surface area contributed by atoms with Gasteiger partial charge in [-0.2, -0.15) is 5.10 Å². The normalized spacial score (nSPS) is 15.1. The molecule has 4 nitrogen and oxygen atoms in total. The van der Waals surface area contributed by atoms with Crippen LogP contribution in [0.1, 0.15) is 30.1 Å². The lowest BCUT2D eigenvalue weighted by atomic mass is 10.1. The van der Waals surface area contributed by atoms with Crippen LogP contribution in [0.5, 0.6) is 0 Å². The summed E-state index contributed by atoms with van der Waals surface area (Å²) in [4.78, 5) is 14.3. The average Bonchev–Trinajstić information content (AvgIpc) is 3.07. The van der Waals surface area contributed by atoms with E-state index in [1.54, 1.807) is 6.20 Å². The largest absolute Gasteiger partial charge is 0.336 e. The van der Waals surface area contributed by atoms with Crippen molar-refractivity contribution in [2.75, 3.05) is 6.54 Å². The monoisotopic (exact) mass is 229 g/mol. The standard InChI is InChI=1S/C13H15N3O/c1-2-16(11-5-6-11)13(17)9-3-4-10-8-14-15-12(10)7-9/h3-4,7-8,11H,2,5-6H2,1H3,(H,14,15). The number of aromatic amines is 1. The van der Waals surface area contributed by atoms with Gasteiger partial charge in [0.2, 0.25) is 0 Å². The Morgan fingerprint density at radius 3 is 3.06 bits per heavy atom. The van der Waals surface area contributed by atoms with Crippen LogP contribution in [0.3, 0.4) is 0 Å². The Hall–Kier alpha value is -1.84. The number of benzene rings is 1. The van der Waals surface area contributed by atoms with Gasteiger partial charge >= 0.3 is 0 Å². The molecular weight excluding hydrogens is 214 g/mol. The Labute approximate surface area is 99.6 Å². The van der Waals surface area contributed by atoms with Crippen molar-refractivity contribution in [2.24, 2.45) is 0 Å². The maximum absolute atomic E-state index is 12.3. The lowest BCUT2D eigenvalue weighted by molar-refractivity contribution is 0.0752. The number of rotatable bonds is 3. The van der Waals surface area contributed by atoms with E-state index in [1.807, 2.05) is 30.0 Å². The molecule has 4 heteroatoms. The molecule has 0 radical (unpaired) electrons. The summed E-state index contributed by atoms with van der Waals surface area (Å²) in [5.41, 5.74) is 1.67. The summed E-state index contributed by atoms with van der Waals surface area (Å²) in [5.74, 6) is 0.131. The van der Waals surface area contributed by atoms with Crippen LogP contribution in [0.4, 0.5) is 0 Å². The van der Waals surface area contributed by atoms with Crippen LogP contribution in [-0.2, 0) is 0 Å². The first-order valence-electron chi connectivity index (χ1n) is 6.03. The smallest absolute Gasteiger partial charge is 0.254 e. The van der Waals surface area contributed by atoms with Gasteiger partial charge in [-0.05, 0) is 31.9 Å². The van der Waals surface area contributed by atoms with Gasteiger partial charge in [0, 0.05) is 23.5 Å². The minimum Gasteiger partial charge on any atom is -0.336 e. The number of H-pyrrole nitrogens is 1. The number of carbonyl (C=O) groups excluding carboxylic acids is 1. The summed E-state index contributed by atoms with van der Waals surface area (Å²) >= 11 is 0. The molecule has 17 heavy (non-hydrogen) atoms. The average molecular weight is 229 g/mol. The third kappa shape index (κ3) is 1.79. The quantitative estimate of drug-likeness (QED) is 0.877. The second kappa shape index (κ2) is 3.87. The highest BCUT2D eigenvalue weighted by molar-refractivity contribution is 5.98. The molecule has 1 amide bonds. The zero-order valence-corrected chi connectivity index (χ0v) is 9.81. The van der Waals surface area contributed by atoms with E-state index in [9.17, 15) is 4.79 Å². The van der Waals surface area contributed by atoms with E-state index in [4.69, 9.17) is 0 Å². The fraction of sp³-hybridized carbons (Fsp3) is 0.385. The van der Waals surface area contributed by atoms with E-state index >= 15 is 0 Å². The summed E-state index contributed by atoms with van der Waals surface area (Å²) in [6.45, 7) is 2.81. The first-order valence-corrected chi connectivity index (χ1v) is 6.03. The highest BCUT2D eigenvalue weighted by Crippen LogP contribution is 2.28. The molecule has 0 spiro atoms. The van der Waals surface area contributed by atoms with Gasteiger partial charge in [0.1, 0.15) is 0 Å². The number of carbonyl (C=O) groups is 1. The van der Waals surface area contributed by atoms with E-state index in [-0.39, 0.29) is 5.91 Å². The van der Waals surface area contributed by atoms with Crippen LogP contribution in [0.2, 0.25) is 0 Å². The molecule has 1 aliphatic carbocycles. The van der Waals surface area contributed by atoms with Crippen LogP contribution in [0, 0.1) is 0 Å². The van der Waals surface area contributed by atoms with Gasteiger partial charge in [0.25, 0.3) is 5.91 Å². The van der Waals surface area contributed by atoms with Crippen molar-refractivity contribution in [3.05, 3.63) is 30.0 Å². The number of nitrogens with zero attached hydrogens (tertiary/aromatic N) is 2. The second-order valence-corrected chi connectivity index (χ2v) is 4.49. The molecule has 3 rings (SSSR count). The lowest BCUT2D eigenvalue weighted by Crippen LogP contribution is -2.32. The molecule has 1 N–H and O–H groups in total. The molecule has 1 aliphatic rings. The third-order valence-electron chi connectivity index (χ3n) is 3.28. The summed E-state index contributed by atoms with van der Waals surface area (Å²) in [7, 11) is 0. The van der Waals surface area contributed by atoms with Gasteiger partial charge in [0.05, 0.1) is 11.7 Å². The molecule has 88 valence electrons. The zero-order valence-electron chi connectivity index (χ0n) is 9.81. The van der Waals surface area contributed by atoms with Crippen LogP contribution < -0.4 is 0 Å². The molecular formula is C13H15N3O. The molecule has 0 aliphatic heterocycles. The Kier molecular flexibility index (Phi) is 2.35. The first-order chi connectivity index (χ1) is 8.29. The van der Waals surface area contributed by atoms with Gasteiger partial charge in [-0.3, -0.25) is 9.89 Å². The molecule has 1 aromatic carbocycles. The topological polar surface area (TPSA) is 49.0 Å². The van der Waals surface area contributed by atoms with Crippen molar-refractivity contribution in [1.29, 1.82) is 0 Å². The lowest BCUT2D eigenvalue weighted by Gasteiger charge is -2.20. The van der Waals surface area contributed by atoms with Crippen molar-refractivity contribution in [1.82, 2.24) is 15.1 Å². The molecule has 0 bridgehead atoms. The minimum absolute atomic E-state index is 0.131. The van der Waals surface area contributed by atoms with Crippen molar-refractivity contribution in [3.8, 4) is 0 Å². The molecule has 1 fully saturated rings. The number of amides is 1. The predicted molar refractivity (Wildman–Crippen MR) is 65.8 cm³/mol. The van der Waals surface area contributed by atoms with Crippen molar-refractivity contribution < 1.29 is 4.79 Å². The maximum Gasteiger partial charge on any atom is 0.254 e. The van der Waals surface area contributed by atoms with E-state index in [1.165, 1.54) is 0 Å². The first kappa shape index (κ1) is 10.3. The van der Waals surface area contributed by atoms with Gasteiger partial charge in [-0.25, -0.2) is 0 Å². The van der Waals surface area contributed by atoms with E-state index in [0.29, 0.717) is 6.04 Å². The highest BCUT2D eigenvalue weighted by Gasteiger charge is 2.31. The number of aromatic nitrogens is 2. The maximum atomic E-state index is 12.3. The van der Waals surface area contributed by atoms with Gasteiger partial charge in [-0.1, -0.05) is 6.07 Å². The van der Waals surface area contributed by atoms with Crippen molar-refractivity contribution in [3.63, 3.8) is 0 Å². The number of fused-ring (bicyclic) bond motifs is 1. The SMILES string of the molecule is CCN(C(=O)c1ccc2cn[nH]c2c1)C1CC1. The van der Waals surface area contributed by atoms with E-state index in [2.05, 4.69) is 10.2 Å². The van der Waals surface area contributed by atoms with Crippen LogP contribution in [0.25, 0.3) is 10.9 Å². The molecule has 0 saturated heterocycles. The molecule has 1 saturated carbocycles. The van der Waals surface area contributed by atoms with E-state index in [0.717, 1.165) is 35.9 Å². The van der Waals surface area contributed by atoms with Crippen LogP contribution in [-0.4, -0.2) is 33.6 Å². The summed E-state index contributed by atoms with van der Waals surface area (Å²) in [6.07, 6.45) is 4.06. The fourth-order valence-corrected chi connectivity index (χ4v) is 2.19. The predicted octanol–water partition coefficient (Wildman–Crippen LogP) is 2.19.